The number of amides is 2. The molecule has 43 heavy (non-hydrogen) atoms. The number of aromatic nitrogens is 1. The van der Waals surface area contributed by atoms with Gasteiger partial charge in [-0.05, 0) is 60.9 Å². The van der Waals surface area contributed by atoms with Crippen LogP contribution in [-0.2, 0) is 25.3 Å². The minimum atomic E-state index is -4.73. The maximum absolute atomic E-state index is 13.9. The number of halogens is 3. The van der Waals surface area contributed by atoms with E-state index >= 15 is 0 Å². The van der Waals surface area contributed by atoms with Gasteiger partial charge in [0, 0.05) is 16.0 Å². The van der Waals surface area contributed by atoms with Crippen molar-refractivity contribution in [2.75, 3.05) is 18.1 Å². The SMILES string of the molecule is CCOC(=O)COc1cccc([C@H]2c3sc(=O)[nH]c3SC3C2[C@H]2C[C@@H]3C3C(=O)N(c4ccccc4C(F)(F)F)C(=O)C32)c1. The van der Waals surface area contributed by atoms with Crippen LogP contribution in [0.3, 0.4) is 0 Å². The second-order valence-electron chi connectivity index (χ2n) is 11.2. The Morgan fingerprint density at radius 1 is 1.05 bits per heavy atom. The zero-order chi connectivity index (χ0) is 30.2. The number of alkyl halides is 3. The molecule has 1 N–H and O–H groups in total. The molecule has 3 fully saturated rings. The summed E-state index contributed by atoms with van der Waals surface area (Å²) in [7, 11) is 0. The Hall–Kier alpha value is -3.58. The van der Waals surface area contributed by atoms with Gasteiger partial charge in [0.2, 0.25) is 11.8 Å². The molecule has 224 valence electrons. The Balaban J connectivity index is 1.26. The minimum absolute atomic E-state index is 0.132. The average molecular weight is 631 g/mol. The molecule has 2 aromatic carbocycles. The molecule has 4 aliphatic rings. The van der Waals surface area contributed by atoms with Crippen LogP contribution in [0.1, 0.15) is 35.3 Å². The summed E-state index contributed by atoms with van der Waals surface area (Å²) in [5.41, 5.74) is -0.623. The molecule has 2 amide bonds. The molecule has 3 aromatic rings. The number of benzene rings is 2. The number of thiazole rings is 1. The molecule has 2 bridgehead atoms. The Labute approximate surface area is 251 Å². The van der Waals surface area contributed by atoms with Crippen molar-refractivity contribution in [2.24, 2.45) is 29.6 Å². The molecule has 2 saturated carbocycles. The number of carbonyl (C=O) groups is 3. The molecule has 1 aromatic heterocycles. The number of hydrogen-bond donors (Lipinski definition) is 1. The summed E-state index contributed by atoms with van der Waals surface area (Å²) in [6.45, 7) is 1.66. The van der Waals surface area contributed by atoms with Gasteiger partial charge < -0.3 is 14.5 Å². The number of aromatic amines is 1. The van der Waals surface area contributed by atoms with Crippen LogP contribution in [0, 0.1) is 29.6 Å². The Morgan fingerprint density at radius 2 is 1.79 bits per heavy atom. The third-order valence-corrected chi connectivity index (χ3v) is 11.6. The fourth-order valence-corrected chi connectivity index (χ4v) is 10.6. The van der Waals surface area contributed by atoms with Gasteiger partial charge in [0.05, 0.1) is 34.7 Å². The second kappa shape index (κ2) is 10.3. The van der Waals surface area contributed by atoms with Gasteiger partial charge in [-0.15, -0.1) is 11.8 Å². The normalized spacial score (nSPS) is 28.9. The first kappa shape index (κ1) is 28.2. The van der Waals surface area contributed by atoms with Gasteiger partial charge in [-0.1, -0.05) is 35.6 Å². The lowest BCUT2D eigenvalue weighted by atomic mass is 9.68. The highest BCUT2D eigenvalue weighted by Gasteiger charge is 2.70. The number of rotatable bonds is 6. The number of esters is 1. The zero-order valence-electron chi connectivity index (χ0n) is 22.6. The first-order chi connectivity index (χ1) is 20.6. The summed E-state index contributed by atoms with van der Waals surface area (Å²) in [6.07, 6.45) is -4.14. The number of anilines is 1. The van der Waals surface area contributed by atoms with Gasteiger partial charge in [0.15, 0.2) is 6.61 Å². The van der Waals surface area contributed by atoms with Gasteiger partial charge >= 0.3 is 17.0 Å². The highest BCUT2D eigenvalue weighted by atomic mass is 32.2. The van der Waals surface area contributed by atoms with Crippen molar-refractivity contribution in [2.45, 2.75) is 35.7 Å². The number of nitrogens with one attached hydrogen (secondary N) is 1. The molecule has 2 aliphatic heterocycles. The molecule has 1 saturated heterocycles. The van der Waals surface area contributed by atoms with Crippen molar-refractivity contribution in [3.8, 4) is 5.75 Å². The van der Waals surface area contributed by atoms with Crippen molar-refractivity contribution in [3.63, 3.8) is 0 Å². The number of fused-ring (bicyclic) bond motifs is 9. The van der Waals surface area contributed by atoms with E-state index in [1.807, 2.05) is 12.1 Å². The number of carbonyl (C=O) groups excluding carboxylic acids is 3. The number of nitrogens with zero attached hydrogens (tertiary/aromatic N) is 1. The number of thioether (sulfide) groups is 1. The maximum atomic E-state index is 13.9. The third kappa shape index (κ3) is 4.42. The average Bonchev–Trinajstić information content (AvgIpc) is 3.70. The van der Waals surface area contributed by atoms with E-state index in [4.69, 9.17) is 9.47 Å². The lowest BCUT2D eigenvalue weighted by Gasteiger charge is -2.43. The fourth-order valence-electron chi connectivity index (χ4n) is 7.68. The zero-order valence-corrected chi connectivity index (χ0v) is 24.3. The highest BCUT2D eigenvalue weighted by molar-refractivity contribution is 8.00. The first-order valence-corrected chi connectivity index (χ1v) is 15.6. The van der Waals surface area contributed by atoms with Gasteiger partial charge in [-0.2, -0.15) is 13.2 Å². The summed E-state index contributed by atoms with van der Waals surface area (Å²) >= 11 is 2.59. The summed E-state index contributed by atoms with van der Waals surface area (Å²) < 4.78 is 52.3. The molecular weight excluding hydrogens is 605 g/mol. The van der Waals surface area contributed by atoms with Crippen LogP contribution in [-0.4, -0.2) is 41.2 Å². The van der Waals surface area contributed by atoms with Crippen LogP contribution in [0.15, 0.2) is 58.4 Å². The lowest BCUT2D eigenvalue weighted by Crippen LogP contribution is -2.42. The van der Waals surface area contributed by atoms with Gasteiger partial charge in [-0.25, -0.2) is 9.69 Å². The van der Waals surface area contributed by atoms with Crippen LogP contribution in [0.2, 0.25) is 0 Å². The van der Waals surface area contributed by atoms with E-state index in [1.165, 1.54) is 30.0 Å². The predicted molar refractivity (Wildman–Crippen MR) is 151 cm³/mol. The molecular formula is C30H25F3N2O6S2. The number of H-pyrrole nitrogens is 1. The van der Waals surface area contributed by atoms with Gasteiger partial charge in [0.1, 0.15) is 5.75 Å². The van der Waals surface area contributed by atoms with Gasteiger partial charge in [0.25, 0.3) is 0 Å². The Kier molecular flexibility index (Phi) is 6.73. The predicted octanol–water partition coefficient (Wildman–Crippen LogP) is 5.08. The number of para-hydroxylation sites is 1. The van der Waals surface area contributed by atoms with Crippen molar-refractivity contribution in [1.29, 1.82) is 0 Å². The van der Waals surface area contributed by atoms with Crippen molar-refractivity contribution in [3.05, 3.63) is 74.2 Å². The summed E-state index contributed by atoms with van der Waals surface area (Å²) in [4.78, 5) is 56.3. The molecule has 2 aliphatic carbocycles. The van der Waals surface area contributed by atoms with E-state index in [2.05, 4.69) is 4.98 Å². The molecule has 0 spiro atoms. The lowest BCUT2D eigenvalue weighted by molar-refractivity contribution is -0.145. The summed E-state index contributed by atoms with van der Waals surface area (Å²) in [5.74, 6) is -3.70. The van der Waals surface area contributed by atoms with E-state index in [-0.39, 0.29) is 47.0 Å². The molecule has 7 atom stereocenters. The maximum Gasteiger partial charge on any atom is 0.418 e. The number of imide groups is 1. The second-order valence-corrected chi connectivity index (χ2v) is 13.4. The smallest absolute Gasteiger partial charge is 0.418 e. The quantitative estimate of drug-likeness (QED) is 0.299. The summed E-state index contributed by atoms with van der Waals surface area (Å²) in [6, 6.07) is 11.9. The molecule has 8 nitrogen and oxygen atoms in total. The molecule has 13 heteroatoms. The highest BCUT2D eigenvalue weighted by Crippen LogP contribution is 2.69. The minimum Gasteiger partial charge on any atom is -0.482 e. The van der Waals surface area contributed by atoms with E-state index < -0.39 is 47.0 Å². The Morgan fingerprint density at radius 3 is 2.53 bits per heavy atom. The summed E-state index contributed by atoms with van der Waals surface area (Å²) in [5, 5.41) is 0.576. The molecule has 0 radical (unpaired) electrons. The largest absolute Gasteiger partial charge is 0.482 e. The Bertz CT molecular complexity index is 1700. The monoisotopic (exact) mass is 630 g/mol. The van der Waals surface area contributed by atoms with E-state index in [9.17, 15) is 32.3 Å². The van der Waals surface area contributed by atoms with E-state index in [0.29, 0.717) is 17.2 Å². The van der Waals surface area contributed by atoms with Crippen molar-refractivity contribution >= 4 is 46.6 Å². The van der Waals surface area contributed by atoms with Crippen LogP contribution >= 0.6 is 23.1 Å². The fraction of sp³-hybridized carbons (Fsp3) is 0.400. The number of ether oxygens (including phenoxy) is 2. The van der Waals surface area contributed by atoms with Gasteiger partial charge in [-0.3, -0.25) is 14.4 Å². The van der Waals surface area contributed by atoms with Crippen LogP contribution in [0.5, 0.6) is 5.75 Å². The van der Waals surface area contributed by atoms with Crippen molar-refractivity contribution < 1.29 is 37.0 Å². The van der Waals surface area contributed by atoms with Crippen LogP contribution in [0.25, 0.3) is 0 Å². The van der Waals surface area contributed by atoms with Crippen molar-refractivity contribution in [1.82, 2.24) is 4.98 Å². The number of hydrogen-bond acceptors (Lipinski definition) is 8. The molecule has 4 unspecified atom stereocenters. The first-order valence-electron chi connectivity index (χ1n) is 13.9. The van der Waals surface area contributed by atoms with Crippen LogP contribution in [0.4, 0.5) is 18.9 Å². The third-order valence-electron chi connectivity index (χ3n) is 9.05. The van der Waals surface area contributed by atoms with E-state index in [1.54, 1.807) is 19.1 Å². The van der Waals surface area contributed by atoms with E-state index in [0.717, 1.165) is 32.7 Å². The topological polar surface area (TPSA) is 106 Å². The van der Waals surface area contributed by atoms with Crippen LogP contribution < -0.4 is 14.5 Å². The standard InChI is InChI=1S/C30H25F3N2O6S2/c1-2-40-19(36)12-41-14-7-5-6-13(10-14)20-21-15-11-16(24(21)42-26-25(20)43-29(39)34-26)23-22(15)27(37)35(28(23)38)18-9-4-3-8-17(18)30(31,32)33/h3-10,15-16,20-24H,2,11-12H2,1H3,(H,34,39)/t15-,16-,20-,21?,22?,23?,24?/m1/s1. The molecule has 3 heterocycles. The molecule has 7 rings (SSSR count).